The molecule has 0 aliphatic carbocycles. The van der Waals surface area contributed by atoms with Crippen LogP contribution in [0.1, 0.15) is 38.7 Å². The lowest BCUT2D eigenvalue weighted by Gasteiger charge is -2.30. The molecule has 29 heavy (non-hydrogen) atoms. The van der Waals surface area contributed by atoms with Crippen LogP contribution >= 0.6 is 0 Å². The van der Waals surface area contributed by atoms with Gasteiger partial charge in [0.15, 0.2) is 18.2 Å². The molecule has 0 saturated heterocycles. The normalized spacial score (nSPS) is 11.6. The number of para-hydroxylation sites is 1. The van der Waals surface area contributed by atoms with Crippen LogP contribution in [0.25, 0.3) is 0 Å². The molecule has 156 valence electrons. The summed E-state index contributed by atoms with van der Waals surface area (Å²) in [5.41, 5.74) is 0.909. The molecule has 0 spiro atoms. The number of carbonyl (C=O) groups excluding carboxylic acids is 2. The molecule has 2 aromatic carbocycles. The van der Waals surface area contributed by atoms with Crippen LogP contribution in [0, 0.1) is 5.82 Å². The molecule has 0 heterocycles. The van der Waals surface area contributed by atoms with Gasteiger partial charge in [-0.15, -0.1) is 0 Å². The molecule has 5 nitrogen and oxygen atoms in total. The Morgan fingerprint density at radius 2 is 1.76 bits per heavy atom. The number of halogens is 1. The number of hydrogen-bond donors (Lipinski definition) is 1. The number of carbonyl (C=O) groups is 2. The first-order valence-electron chi connectivity index (χ1n) is 10.0. The molecule has 2 amide bonds. The summed E-state index contributed by atoms with van der Waals surface area (Å²) in [4.78, 5) is 27.2. The first kappa shape index (κ1) is 22.4. The zero-order valence-corrected chi connectivity index (χ0v) is 17.1. The Kier molecular flexibility index (Phi) is 9.15. The fourth-order valence-electron chi connectivity index (χ4n) is 2.99. The van der Waals surface area contributed by atoms with Crippen LogP contribution in [0.4, 0.5) is 4.39 Å². The highest BCUT2D eigenvalue weighted by molar-refractivity contribution is 5.88. The second-order valence-corrected chi connectivity index (χ2v) is 6.79. The van der Waals surface area contributed by atoms with E-state index in [4.69, 9.17) is 4.74 Å². The highest BCUT2D eigenvalue weighted by Gasteiger charge is 2.28. The van der Waals surface area contributed by atoms with Crippen molar-refractivity contribution in [3.8, 4) is 5.75 Å². The first-order chi connectivity index (χ1) is 14.1. The Morgan fingerprint density at radius 1 is 1.07 bits per heavy atom. The second-order valence-electron chi connectivity index (χ2n) is 6.79. The summed E-state index contributed by atoms with van der Waals surface area (Å²) < 4.78 is 19.2. The summed E-state index contributed by atoms with van der Waals surface area (Å²) in [5.74, 6) is -1.06. The lowest BCUT2D eigenvalue weighted by molar-refractivity contribution is -0.143. The Labute approximate surface area is 171 Å². The molecule has 0 radical (unpaired) electrons. The van der Waals surface area contributed by atoms with Crippen molar-refractivity contribution >= 4 is 11.8 Å². The second kappa shape index (κ2) is 11.8. The van der Waals surface area contributed by atoms with Gasteiger partial charge in [-0.1, -0.05) is 62.7 Å². The van der Waals surface area contributed by atoms with Gasteiger partial charge in [-0.25, -0.2) is 4.39 Å². The van der Waals surface area contributed by atoms with E-state index in [1.807, 2.05) is 37.3 Å². The van der Waals surface area contributed by atoms with E-state index in [2.05, 4.69) is 12.2 Å². The molecule has 0 fully saturated rings. The number of benzene rings is 2. The molecule has 2 aromatic rings. The number of nitrogens with one attached hydrogen (secondary N) is 1. The molecule has 0 unspecified atom stereocenters. The van der Waals surface area contributed by atoms with E-state index in [1.54, 1.807) is 12.1 Å². The van der Waals surface area contributed by atoms with Gasteiger partial charge in [-0.2, -0.15) is 0 Å². The van der Waals surface area contributed by atoms with Crippen LogP contribution in [0.5, 0.6) is 5.75 Å². The van der Waals surface area contributed by atoms with E-state index >= 15 is 0 Å². The molecule has 0 aliphatic rings. The number of rotatable bonds is 11. The maximum absolute atomic E-state index is 13.8. The molecular weight excluding hydrogens is 371 g/mol. The fraction of sp³-hybridized carbons (Fsp3) is 0.391. The number of ether oxygens (including phenoxy) is 1. The largest absolute Gasteiger partial charge is 0.481 e. The van der Waals surface area contributed by atoms with Crippen molar-refractivity contribution in [1.29, 1.82) is 0 Å². The van der Waals surface area contributed by atoms with Crippen molar-refractivity contribution < 1.29 is 18.7 Å². The standard InChI is InChI=1S/C23H29FN2O3/c1-3-5-15-25-23(28)20(4-2)26(16-18-11-7-6-8-12-18)22(27)17-29-21-14-10-9-13-19(21)24/h6-14,20H,3-5,15-17H2,1-2H3,(H,25,28)/t20-/m0/s1. The van der Waals surface area contributed by atoms with Gasteiger partial charge in [0.2, 0.25) is 5.91 Å². The number of hydrogen-bond acceptors (Lipinski definition) is 3. The van der Waals surface area contributed by atoms with Crippen molar-refractivity contribution in [2.45, 2.75) is 45.7 Å². The SMILES string of the molecule is CCCCNC(=O)[C@H](CC)N(Cc1ccccc1)C(=O)COc1ccccc1F. The summed E-state index contributed by atoms with van der Waals surface area (Å²) in [6, 6.07) is 14.8. The molecular formula is C23H29FN2O3. The van der Waals surface area contributed by atoms with Crippen LogP contribution < -0.4 is 10.1 Å². The molecule has 0 aliphatic heterocycles. The summed E-state index contributed by atoms with van der Waals surface area (Å²) >= 11 is 0. The van der Waals surface area contributed by atoms with Gasteiger partial charge in [0.05, 0.1) is 0 Å². The lowest BCUT2D eigenvalue weighted by Crippen LogP contribution is -2.50. The predicted molar refractivity (Wildman–Crippen MR) is 111 cm³/mol. The minimum atomic E-state index is -0.621. The van der Waals surface area contributed by atoms with Gasteiger partial charge in [0, 0.05) is 13.1 Å². The van der Waals surface area contributed by atoms with Crippen molar-refractivity contribution in [2.24, 2.45) is 0 Å². The van der Waals surface area contributed by atoms with Gasteiger partial charge in [-0.3, -0.25) is 9.59 Å². The van der Waals surface area contributed by atoms with Crippen LogP contribution in [0.2, 0.25) is 0 Å². The van der Waals surface area contributed by atoms with E-state index in [0.29, 0.717) is 13.0 Å². The summed E-state index contributed by atoms with van der Waals surface area (Å²) in [6.07, 6.45) is 2.32. The van der Waals surface area contributed by atoms with E-state index in [9.17, 15) is 14.0 Å². The smallest absolute Gasteiger partial charge is 0.261 e. The highest BCUT2D eigenvalue weighted by Crippen LogP contribution is 2.17. The maximum atomic E-state index is 13.8. The number of unbranched alkanes of at least 4 members (excludes halogenated alkanes) is 1. The lowest BCUT2D eigenvalue weighted by atomic mass is 10.1. The van der Waals surface area contributed by atoms with Crippen LogP contribution in [0.15, 0.2) is 54.6 Å². The molecule has 2 rings (SSSR count). The van der Waals surface area contributed by atoms with Crippen molar-refractivity contribution in [3.05, 3.63) is 66.0 Å². The maximum Gasteiger partial charge on any atom is 0.261 e. The summed E-state index contributed by atoms with van der Waals surface area (Å²) in [7, 11) is 0. The van der Waals surface area contributed by atoms with Crippen LogP contribution in [-0.4, -0.2) is 35.9 Å². The van der Waals surface area contributed by atoms with Gasteiger partial charge in [0.25, 0.3) is 5.91 Å². The third-order valence-corrected chi connectivity index (χ3v) is 4.60. The molecule has 6 heteroatoms. The van der Waals surface area contributed by atoms with Gasteiger partial charge >= 0.3 is 0 Å². The van der Waals surface area contributed by atoms with E-state index in [1.165, 1.54) is 17.0 Å². The average Bonchev–Trinajstić information content (AvgIpc) is 2.73. The third kappa shape index (κ3) is 6.89. The number of amides is 2. The van der Waals surface area contributed by atoms with E-state index in [-0.39, 0.29) is 30.7 Å². The Hall–Kier alpha value is -2.89. The first-order valence-corrected chi connectivity index (χ1v) is 10.0. The van der Waals surface area contributed by atoms with E-state index < -0.39 is 11.9 Å². The minimum Gasteiger partial charge on any atom is -0.481 e. The average molecular weight is 400 g/mol. The third-order valence-electron chi connectivity index (χ3n) is 4.60. The zero-order chi connectivity index (χ0) is 21.1. The Morgan fingerprint density at radius 3 is 2.41 bits per heavy atom. The van der Waals surface area contributed by atoms with Crippen LogP contribution in [0.3, 0.4) is 0 Å². The summed E-state index contributed by atoms with van der Waals surface area (Å²) in [5, 5.41) is 2.90. The quantitative estimate of drug-likeness (QED) is 0.582. The van der Waals surface area contributed by atoms with Gasteiger partial charge < -0.3 is 15.0 Å². The Bertz CT molecular complexity index is 783. The van der Waals surface area contributed by atoms with Crippen molar-refractivity contribution in [1.82, 2.24) is 10.2 Å². The molecule has 0 bridgehead atoms. The molecule has 0 saturated carbocycles. The minimum absolute atomic E-state index is 0.0148. The van der Waals surface area contributed by atoms with Gasteiger partial charge in [-0.05, 0) is 30.5 Å². The van der Waals surface area contributed by atoms with Crippen molar-refractivity contribution in [3.63, 3.8) is 0 Å². The molecule has 1 atom stereocenters. The molecule has 1 N–H and O–H groups in total. The Balaban J connectivity index is 2.15. The van der Waals surface area contributed by atoms with Crippen molar-refractivity contribution in [2.75, 3.05) is 13.2 Å². The molecule has 0 aromatic heterocycles. The zero-order valence-electron chi connectivity index (χ0n) is 17.1. The van der Waals surface area contributed by atoms with E-state index in [0.717, 1.165) is 18.4 Å². The monoisotopic (exact) mass is 400 g/mol. The number of nitrogens with zero attached hydrogens (tertiary/aromatic N) is 1. The topological polar surface area (TPSA) is 58.6 Å². The fourth-order valence-corrected chi connectivity index (χ4v) is 2.99. The predicted octanol–water partition coefficient (Wildman–Crippen LogP) is 3.93. The summed E-state index contributed by atoms with van der Waals surface area (Å²) in [6.45, 7) is 4.43. The van der Waals surface area contributed by atoms with Gasteiger partial charge in [0.1, 0.15) is 6.04 Å². The van der Waals surface area contributed by atoms with Crippen LogP contribution in [-0.2, 0) is 16.1 Å². The highest BCUT2D eigenvalue weighted by atomic mass is 19.1.